The van der Waals surface area contributed by atoms with Crippen molar-refractivity contribution in [3.05, 3.63) is 48.1 Å². The third kappa shape index (κ3) is 4.29. The van der Waals surface area contributed by atoms with Gasteiger partial charge in [-0.15, -0.1) is 0 Å². The molecular formula is C22H27N5O3. The van der Waals surface area contributed by atoms with Crippen LogP contribution in [0.5, 0.6) is 0 Å². The second-order valence-corrected chi connectivity index (χ2v) is 8.49. The van der Waals surface area contributed by atoms with Crippen LogP contribution in [0, 0.1) is 12.8 Å². The zero-order valence-electron chi connectivity index (χ0n) is 17.3. The van der Waals surface area contributed by atoms with E-state index in [1.165, 1.54) is 0 Å². The Labute approximate surface area is 175 Å². The largest absolute Gasteiger partial charge is 0.465 e. The monoisotopic (exact) mass is 409 g/mol. The number of aromatic nitrogens is 4. The maximum absolute atomic E-state index is 6.32. The summed E-state index contributed by atoms with van der Waals surface area (Å²) < 4.78 is 17.5. The predicted octanol–water partition coefficient (Wildman–Crippen LogP) is 3.43. The van der Waals surface area contributed by atoms with Gasteiger partial charge >= 0.3 is 0 Å². The average Bonchev–Trinajstić information content (AvgIpc) is 3.40. The molecule has 0 aliphatic carbocycles. The lowest BCUT2D eigenvalue weighted by Crippen LogP contribution is -2.49. The normalized spacial score (nSPS) is 21.8. The quantitative estimate of drug-likeness (QED) is 0.633. The third-order valence-electron chi connectivity index (χ3n) is 6.26. The Morgan fingerprint density at radius 1 is 1.20 bits per heavy atom. The van der Waals surface area contributed by atoms with Crippen LogP contribution in [-0.4, -0.2) is 50.3 Å². The molecule has 2 aliphatic heterocycles. The molecule has 0 bridgehead atoms. The number of hydrogen-bond donors (Lipinski definition) is 0. The highest BCUT2D eigenvalue weighted by molar-refractivity contribution is 5.45. The Bertz CT molecular complexity index is 962. The fraction of sp³-hybridized carbons (Fsp3) is 0.545. The molecule has 2 aliphatic rings. The highest BCUT2D eigenvalue weighted by Gasteiger charge is 2.40. The van der Waals surface area contributed by atoms with E-state index >= 15 is 0 Å². The Kier molecular flexibility index (Phi) is 5.35. The van der Waals surface area contributed by atoms with Gasteiger partial charge in [0, 0.05) is 38.5 Å². The summed E-state index contributed by atoms with van der Waals surface area (Å²) >= 11 is 0. The van der Waals surface area contributed by atoms with Gasteiger partial charge < -0.3 is 13.7 Å². The third-order valence-corrected chi connectivity index (χ3v) is 6.26. The van der Waals surface area contributed by atoms with Crippen molar-refractivity contribution < 1.29 is 13.7 Å². The molecule has 30 heavy (non-hydrogen) atoms. The van der Waals surface area contributed by atoms with Crippen LogP contribution >= 0.6 is 0 Å². The Morgan fingerprint density at radius 3 is 2.87 bits per heavy atom. The number of nitrogens with zero attached hydrogens (tertiary/aromatic N) is 5. The van der Waals surface area contributed by atoms with Crippen LogP contribution in [0.4, 0.5) is 0 Å². The molecule has 2 fully saturated rings. The summed E-state index contributed by atoms with van der Waals surface area (Å²) in [4.78, 5) is 15.3. The molecule has 3 aromatic rings. The van der Waals surface area contributed by atoms with E-state index in [1.54, 1.807) is 18.6 Å². The molecule has 1 spiro atoms. The molecule has 158 valence electrons. The van der Waals surface area contributed by atoms with Crippen molar-refractivity contribution in [2.24, 2.45) is 5.92 Å². The zero-order valence-corrected chi connectivity index (χ0v) is 17.3. The van der Waals surface area contributed by atoms with Crippen molar-refractivity contribution in [3.8, 4) is 11.5 Å². The molecule has 5 heterocycles. The van der Waals surface area contributed by atoms with Crippen LogP contribution in [0.25, 0.3) is 11.5 Å². The smallest absolute Gasteiger partial charge is 0.227 e. The summed E-state index contributed by atoms with van der Waals surface area (Å²) in [6, 6.07) is 4.11. The van der Waals surface area contributed by atoms with Crippen molar-refractivity contribution in [2.45, 2.75) is 51.2 Å². The number of furan rings is 1. The van der Waals surface area contributed by atoms with Gasteiger partial charge in [0.2, 0.25) is 11.7 Å². The van der Waals surface area contributed by atoms with Gasteiger partial charge in [-0.2, -0.15) is 4.98 Å². The lowest BCUT2D eigenvalue weighted by molar-refractivity contribution is -0.128. The Morgan fingerprint density at radius 2 is 2.10 bits per heavy atom. The second kappa shape index (κ2) is 8.28. The van der Waals surface area contributed by atoms with Crippen LogP contribution in [0.15, 0.2) is 39.7 Å². The first-order valence-electron chi connectivity index (χ1n) is 10.7. The first-order valence-corrected chi connectivity index (χ1v) is 10.7. The molecular weight excluding hydrogens is 382 g/mol. The van der Waals surface area contributed by atoms with E-state index in [-0.39, 0.29) is 5.60 Å². The fourth-order valence-corrected chi connectivity index (χ4v) is 4.66. The van der Waals surface area contributed by atoms with Crippen molar-refractivity contribution in [3.63, 3.8) is 0 Å². The van der Waals surface area contributed by atoms with E-state index in [0.717, 1.165) is 69.9 Å². The molecule has 0 amide bonds. The summed E-state index contributed by atoms with van der Waals surface area (Å²) in [5, 5.41) is 4.07. The number of rotatable bonds is 5. The lowest BCUT2D eigenvalue weighted by Gasteiger charge is -2.46. The minimum Gasteiger partial charge on any atom is -0.465 e. The maximum Gasteiger partial charge on any atom is 0.227 e. The van der Waals surface area contributed by atoms with Crippen molar-refractivity contribution in [2.75, 3.05) is 19.7 Å². The van der Waals surface area contributed by atoms with Crippen LogP contribution in [0.3, 0.4) is 0 Å². The maximum atomic E-state index is 6.32. The topological polar surface area (TPSA) is 90.3 Å². The summed E-state index contributed by atoms with van der Waals surface area (Å²) in [7, 11) is 0. The highest BCUT2D eigenvalue weighted by atomic mass is 16.5. The molecule has 1 unspecified atom stereocenters. The molecule has 0 N–H and O–H groups in total. The van der Waals surface area contributed by atoms with Gasteiger partial charge in [-0.25, -0.2) is 4.98 Å². The van der Waals surface area contributed by atoms with Crippen LogP contribution < -0.4 is 0 Å². The van der Waals surface area contributed by atoms with Gasteiger partial charge in [0.15, 0.2) is 0 Å². The predicted molar refractivity (Wildman–Crippen MR) is 108 cm³/mol. The SMILES string of the molecule is Cc1ccc(CN2CCC3(CC2)CC(Cc2nc(-c4cnccn4)no2)CCO3)o1. The van der Waals surface area contributed by atoms with Gasteiger partial charge in [0.25, 0.3) is 0 Å². The Balaban J connectivity index is 1.17. The molecule has 0 radical (unpaired) electrons. The summed E-state index contributed by atoms with van der Waals surface area (Å²) in [5.74, 6) is 3.68. The van der Waals surface area contributed by atoms with E-state index in [4.69, 9.17) is 13.7 Å². The standard InChI is InChI=1S/C22H27N5O3/c1-16-2-3-18(29-16)15-27-9-5-22(6-10-27)13-17(4-11-28-22)12-20-25-21(26-30-20)19-14-23-7-8-24-19/h2-3,7-8,14,17H,4-6,9-13,15H2,1H3. The first-order chi connectivity index (χ1) is 14.7. The van der Waals surface area contributed by atoms with Gasteiger partial charge in [0.05, 0.1) is 18.3 Å². The molecule has 0 saturated carbocycles. The van der Waals surface area contributed by atoms with E-state index < -0.39 is 0 Å². The summed E-state index contributed by atoms with van der Waals surface area (Å²) in [6.07, 6.45) is 9.88. The van der Waals surface area contributed by atoms with Gasteiger partial charge in [-0.1, -0.05) is 5.16 Å². The number of hydrogen-bond acceptors (Lipinski definition) is 8. The number of likely N-dealkylation sites (tertiary alicyclic amines) is 1. The molecule has 1 atom stereocenters. The Hall–Kier alpha value is -2.58. The average molecular weight is 409 g/mol. The number of piperidine rings is 1. The second-order valence-electron chi connectivity index (χ2n) is 8.49. The highest BCUT2D eigenvalue weighted by Crippen LogP contribution is 2.39. The van der Waals surface area contributed by atoms with Crippen molar-refractivity contribution >= 4 is 0 Å². The van der Waals surface area contributed by atoms with Gasteiger partial charge in [0.1, 0.15) is 17.2 Å². The van der Waals surface area contributed by atoms with Gasteiger partial charge in [-0.05, 0) is 50.7 Å². The number of ether oxygens (including phenoxy) is 1. The molecule has 2 saturated heterocycles. The van der Waals surface area contributed by atoms with E-state index in [9.17, 15) is 0 Å². The minimum atomic E-state index is -0.0216. The van der Waals surface area contributed by atoms with Crippen LogP contribution in [0.1, 0.15) is 43.1 Å². The lowest BCUT2D eigenvalue weighted by atomic mass is 9.78. The fourth-order valence-electron chi connectivity index (χ4n) is 4.66. The molecule has 3 aromatic heterocycles. The molecule has 8 nitrogen and oxygen atoms in total. The van der Waals surface area contributed by atoms with Crippen LogP contribution in [-0.2, 0) is 17.7 Å². The van der Waals surface area contributed by atoms with E-state index in [1.807, 2.05) is 13.0 Å². The van der Waals surface area contributed by atoms with Gasteiger partial charge in [-0.3, -0.25) is 9.88 Å². The minimum absolute atomic E-state index is 0.0216. The summed E-state index contributed by atoms with van der Waals surface area (Å²) in [6.45, 7) is 5.73. The first kappa shape index (κ1) is 19.4. The summed E-state index contributed by atoms with van der Waals surface area (Å²) in [5.41, 5.74) is 0.613. The van der Waals surface area contributed by atoms with Crippen molar-refractivity contribution in [1.29, 1.82) is 0 Å². The number of aryl methyl sites for hydroxylation is 1. The van der Waals surface area contributed by atoms with E-state index in [2.05, 4.69) is 31.1 Å². The zero-order chi connectivity index (χ0) is 20.4. The molecule has 5 rings (SSSR count). The van der Waals surface area contributed by atoms with Crippen molar-refractivity contribution in [1.82, 2.24) is 25.0 Å². The van der Waals surface area contributed by atoms with Crippen LogP contribution in [0.2, 0.25) is 0 Å². The molecule has 0 aromatic carbocycles. The van der Waals surface area contributed by atoms with E-state index in [0.29, 0.717) is 23.3 Å². The molecule has 8 heteroatoms.